The minimum absolute atomic E-state index is 0.141. The first-order valence-electron chi connectivity index (χ1n) is 6.75. The molecule has 6 nitrogen and oxygen atoms in total. The molecule has 0 bridgehead atoms. The summed E-state index contributed by atoms with van der Waals surface area (Å²) in [5, 5.41) is 3.20. The zero-order valence-electron chi connectivity index (χ0n) is 12.6. The Morgan fingerprint density at radius 3 is 2.45 bits per heavy atom. The van der Waals surface area contributed by atoms with Crippen LogP contribution in [-0.4, -0.2) is 52.0 Å². The first kappa shape index (κ1) is 18.4. The molecular formula is C15H20ClNO5. The Kier molecular flexibility index (Phi) is 8.50. The Bertz CT molecular complexity index is 477. The van der Waals surface area contributed by atoms with E-state index < -0.39 is 12.0 Å². The number of nitrogens with one attached hydrogen (secondary N) is 1. The van der Waals surface area contributed by atoms with Gasteiger partial charge in [-0.2, -0.15) is 0 Å². The standard InChI is InChI=1S/C15H20ClNO5/c1-20-7-8-22-10-14(18)17-13(15(19)21-2)9-11-3-5-12(16)6-4-11/h3-6,13H,7-10H2,1-2H3,(H,17,18)/t13-/m0/s1. The van der Waals surface area contributed by atoms with Crippen LogP contribution in [0.1, 0.15) is 5.56 Å². The van der Waals surface area contributed by atoms with E-state index in [0.29, 0.717) is 24.7 Å². The van der Waals surface area contributed by atoms with Crippen LogP contribution in [0.3, 0.4) is 0 Å². The van der Waals surface area contributed by atoms with Crippen molar-refractivity contribution >= 4 is 23.5 Å². The Balaban J connectivity index is 2.55. The van der Waals surface area contributed by atoms with Crippen LogP contribution in [0.2, 0.25) is 5.02 Å². The molecule has 7 heteroatoms. The Labute approximate surface area is 134 Å². The van der Waals surface area contributed by atoms with Crippen LogP contribution >= 0.6 is 11.6 Å². The van der Waals surface area contributed by atoms with Crippen LogP contribution in [0, 0.1) is 0 Å². The van der Waals surface area contributed by atoms with E-state index in [1.807, 2.05) is 0 Å². The van der Waals surface area contributed by atoms with E-state index in [-0.39, 0.29) is 12.5 Å². The van der Waals surface area contributed by atoms with Gasteiger partial charge in [-0.25, -0.2) is 4.79 Å². The predicted molar refractivity (Wildman–Crippen MR) is 81.8 cm³/mol. The van der Waals surface area contributed by atoms with Gasteiger partial charge in [0, 0.05) is 18.6 Å². The third-order valence-electron chi connectivity index (χ3n) is 2.84. The van der Waals surface area contributed by atoms with Gasteiger partial charge in [-0.1, -0.05) is 23.7 Å². The van der Waals surface area contributed by atoms with Gasteiger partial charge in [0.25, 0.3) is 0 Å². The molecule has 1 aromatic rings. The van der Waals surface area contributed by atoms with Crippen LogP contribution in [0.4, 0.5) is 0 Å². The van der Waals surface area contributed by atoms with Crippen molar-refractivity contribution in [1.82, 2.24) is 5.32 Å². The third kappa shape index (κ3) is 6.89. The topological polar surface area (TPSA) is 73.9 Å². The molecule has 0 aliphatic rings. The molecule has 1 atom stereocenters. The highest BCUT2D eigenvalue weighted by Crippen LogP contribution is 2.11. The number of methoxy groups -OCH3 is 2. The number of carbonyl (C=O) groups is 2. The van der Waals surface area contributed by atoms with E-state index in [4.69, 9.17) is 25.8 Å². The van der Waals surface area contributed by atoms with Gasteiger partial charge in [-0.15, -0.1) is 0 Å². The fourth-order valence-corrected chi connectivity index (χ4v) is 1.86. The molecule has 1 amide bonds. The summed E-state index contributed by atoms with van der Waals surface area (Å²) in [7, 11) is 2.82. The van der Waals surface area contributed by atoms with Gasteiger partial charge < -0.3 is 19.5 Å². The lowest BCUT2D eigenvalue weighted by atomic mass is 10.1. The van der Waals surface area contributed by atoms with Gasteiger partial charge in [-0.05, 0) is 17.7 Å². The minimum atomic E-state index is -0.773. The number of hydrogen-bond acceptors (Lipinski definition) is 5. The van der Waals surface area contributed by atoms with Crippen molar-refractivity contribution in [2.75, 3.05) is 34.0 Å². The highest BCUT2D eigenvalue weighted by atomic mass is 35.5. The van der Waals surface area contributed by atoms with E-state index >= 15 is 0 Å². The number of halogens is 1. The molecule has 0 heterocycles. The maximum atomic E-state index is 11.8. The summed E-state index contributed by atoms with van der Waals surface area (Å²) in [6, 6.07) is 6.26. The molecule has 0 saturated carbocycles. The van der Waals surface area contributed by atoms with Crippen molar-refractivity contribution in [2.45, 2.75) is 12.5 Å². The van der Waals surface area contributed by atoms with Crippen LogP contribution in [-0.2, 0) is 30.2 Å². The van der Waals surface area contributed by atoms with Crippen molar-refractivity contribution in [2.24, 2.45) is 0 Å². The molecule has 1 N–H and O–H groups in total. The maximum absolute atomic E-state index is 11.8. The normalized spacial score (nSPS) is 11.8. The fourth-order valence-electron chi connectivity index (χ4n) is 1.73. The van der Waals surface area contributed by atoms with E-state index in [0.717, 1.165) is 5.56 Å². The van der Waals surface area contributed by atoms with Crippen LogP contribution in [0.25, 0.3) is 0 Å². The van der Waals surface area contributed by atoms with Crippen LogP contribution in [0.5, 0.6) is 0 Å². The Morgan fingerprint density at radius 2 is 1.86 bits per heavy atom. The smallest absolute Gasteiger partial charge is 0.328 e. The zero-order valence-corrected chi connectivity index (χ0v) is 13.4. The van der Waals surface area contributed by atoms with Gasteiger partial charge in [0.15, 0.2) is 0 Å². The molecule has 0 spiro atoms. The highest BCUT2D eigenvalue weighted by molar-refractivity contribution is 6.30. The molecule has 0 saturated heterocycles. The Hall–Kier alpha value is -1.63. The predicted octanol–water partition coefficient (Wildman–Crippen LogP) is 1.20. The number of hydrogen-bond donors (Lipinski definition) is 1. The van der Waals surface area contributed by atoms with Gasteiger partial charge in [-0.3, -0.25) is 4.79 Å². The summed E-state index contributed by atoms with van der Waals surface area (Å²) in [6.45, 7) is 0.569. The molecule has 0 radical (unpaired) electrons. The lowest BCUT2D eigenvalue weighted by molar-refractivity contribution is -0.145. The molecule has 0 aliphatic heterocycles. The first-order chi connectivity index (χ1) is 10.6. The van der Waals surface area contributed by atoms with Crippen molar-refractivity contribution < 1.29 is 23.8 Å². The van der Waals surface area contributed by atoms with Gasteiger partial charge >= 0.3 is 5.97 Å². The molecule has 0 fully saturated rings. The third-order valence-corrected chi connectivity index (χ3v) is 3.09. The second kappa shape index (κ2) is 10.2. The second-order valence-corrected chi connectivity index (χ2v) is 4.96. The van der Waals surface area contributed by atoms with Crippen molar-refractivity contribution in [3.05, 3.63) is 34.9 Å². The van der Waals surface area contributed by atoms with Gasteiger partial charge in [0.2, 0.25) is 5.91 Å². The molecule has 122 valence electrons. The van der Waals surface area contributed by atoms with E-state index in [1.54, 1.807) is 31.4 Å². The highest BCUT2D eigenvalue weighted by Gasteiger charge is 2.21. The van der Waals surface area contributed by atoms with E-state index in [9.17, 15) is 9.59 Å². The molecule has 1 aromatic carbocycles. The number of amides is 1. The summed E-state index contributed by atoms with van der Waals surface area (Å²) in [6.07, 6.45) is 0.313. The van der Waals surface area contributed by atoms with Crippen LogP contribution < -0.4 is 5.32 Å². The number of benzene rings is 1. The number of esters is 1. The largest absolute Gasteiger partial charge is 0.467 e. The molecule has 1 rings (SSSR count). The SMILES string of the molecule is COCCOCC(=O)N[C@@H](Cc1ccc(Cl)cc1)C(=O)OC. The lowest BCUT2D eigenvalue weighted by Gasteiger charge is -2.16. The summed E-state index contributed by atoms with van der Waals surface area (Å²) >= 11 is 5.82. The minimum Gasteiger partial charge on any atom is -0.467 e. The van der Waals surface area contributed by atoms with Crippen molar-refractivity contribution in [3.63, 3.8) is 0 Å². The van der Waals surface area contributed by atoms with Gasteiger partial charge in [0.05, 0.1) is 20.3 Å². The van der Waals surface area contributed by atoms with Crippen LogP contribution in [0.15, 0.2) is 24.3 Å². The van der Waals surface area contributed by atoms with Gasteiger partial charge in [0.1, 0.15) is 12.6 Å². The average Bonchev–Trinajstić information content (AvgIpc) is 2.52. The molecule has 0 unspecified atom stereocenters. The van der Waals surface area contributed by atoms with Crippen molar-refractivity contribution in [3.8, 4) is 0 Å². The number of rotatable bonds is 9. The lowest BCUT2D eigenvalue weighted by Crippen LogP contribution is -2.44. The molecule has 0 aromatic heterocycles. The monoisotopic (exact) mass is 329 g/mol. The molecular weight excluding hydrogens is 310 g/mol. The van der Waals surface area contributed by atoms with Crippen molar-refractivity contribution in [1.29, 1.82) is 0 Å². The summed E-state index contributed by atoms with van der Waals surface area (Å²) in [5.74, 6) is -0.902. The maximum Gasteiger partial charge on any atom is 0.328 e. The second-order valence-electron chi connectivity index (χ2n) is 4.52. The average molecular weight is 330 g/mol. The summed E-state index contributed by atoms with van der Waals surface area (Å²) in [4.78, 5) is 23.5. The number of carbonyl (C=O) groups excluding carboxylic acids is 2. The number of ether oxygens (including phenoxy) is 3. The summed E-state index contributed by atoms with van der Waals surface area (Å²) < 4.78 is 14.6. The van der Waals surface area contributed by atoms with E-state index in [2.05, 4.69) is 5.32 Å². The zero-order chi connectivity index (χ0) is 16.4. The quantitative estimate of drug-likeness (QED) is 0.544. The molecule has 0 aliphatic carbocycles. The molecule has 22 heavy (non-hydrogen) atoms. The van der Waals surface area contributed by atoms with E-state index in [1.165, 1.54) is 7.11 Å². The summed E-state index contributed by atoms with van der Waals surface area (Å²) in [5.41, 5.74) is 0.861. The fraction of sp³-hybridized carbons (Fsp3) is 0.467. The Morgan fingerprint density at radius 1 is 1.18 bits per heavy atom. The first-order valence-corrected chi connectivity index (χ1v) is 7.13.